The summed E-state index contributed by atoms with van der Waals surface area (Å²) in [6.45, 7) is 5.37. The average molecular weight is 187 g/mol. The van der Waals surface area contributed by atoms with E-state index in [2.05, 4.69) is 12.2 Å². The molecule has 4 heteroatoms. The van der Waals surface area contributed by atoms with Crippen LogP contribution in [0.4, 0.5) is 0 Å². The van der Waals surface area contributed by atoms with Gasteiger partial charge in [0.1, 0.15) is 0 Å². The summed E-state index contributed by atoms with van der Waals surface area (Å²) in [6.07, 6.45) is 0. The Bertz CT molecular complexity index is 80.1. The molecule has 64 valence electrons. The van der Waals surface area contributed by atoms with E-state index < -0.39 is 0 Å². The monoisotopic (exact) mass is 186 g/mol. The predicted octanol–water partition coefficient (Wildman–Crippen LogP) is 0.644. The molecule has 1 saturated heterocycles. The molecule has 2 nitrogen and oxygen atoms in total. The topological polar surface area (TPSA) is 38.0 Å². The van der Waals surface area contributed by atoms with E-state index in [0.29, 0.717) is 0 Å². The van der Waals surface area contributed by atoms with Gasteiger partial charge in [0.2, 0.25) is 0 Å². The fourth-order valence-corrected chi connectivity index (χ4v) is 1.18. The van der Waals surface area contributed by atoms with Gasteiger partial charge in [-0.2, -0.15) is 0 Å². The zero-order valence-electron chi connectivity index (χ0n) is 6.17. The molecular weight excluding hydrogens is 171 g/mol. The quantitative estimate of drug-likeness (QED) is 0.632. The fourth-order valence-electron chi connectivity index (χ4n) is 1.18. The van der Waals surface area contributed by atoms with E-state index in [4.69, 9.17) is 5.73 Å². The molecule has 0 spiro atoms. The van der Waals surface area contributed by atoms with Crippen molar-refractivity contribution in [2.24, 2.45) is 17.6 Å². The molecular formula is C6H16Cl2N2. The molecule has 0 saturated carbocycles. The highest BCUT2D eigenvalue weighted by Crippen LogP contribution is 2.12. The van der Waals surface area contributed by atoms with Crippen molar-refractivity contribution in [1.82, 2.24) is 5.32 Å². The second-order valence-corrected chi connectivity index (χ2v) is 2.63. The van der Waals surface area contributed by atoms with Crippen LogP contribution in [-0.4, -0.2) is 19.6 Å². The first kappa shape index (κ1) is 13.1. The number of hydrogen-bond acceptors (Lipinski definition) is 2. The second-order valence-electron chi connectivity index (χ2n) is 2.63. The van der Waals surface area contributed by atoms with E-state index in [-0.39, 0.29) is 24.8 Å². The lowest BCUT2D eigenvalue weighted by Crippen LogP contribution is -2.20. The zero-order chi connectivity index (χ0) is 5.98. The molecule has 0 bridgehead atoms. The van der Waals surface area contributed by atoms with Crippen LogP contribution in [-0.2, 0) is 0 Å². The van der Waals surface area contributed by atoms with E-state index in [1.165, 1.54) is 0 Å². The van der Waals surface area contributed by atoms with Crippen LogP contribution in [0.1, 0.15) is 6.92 Å². The number of rotatable bonds is 1. The molecule has 1 rings (SSSR count). The minimum absolute atomic E-state index is 0. The third-order valence-electron chi connectivity index (χ3n) is 1.98. The van der Waals surface area contributed by atoms with Crippen molar-refractivity contribution in [2.45, 2.75) is 6.92 Å². The van der Waals surface area contributed by atoms with Crippen LogP contribution < -0.4 is 11.1 Å². The van der Waals surface area contributed by atoms with E-state index in [9.17, 15) is 0 Å². The van der Waals surface area contributed by atoms with Gasteiger partial charge in [-0.3, -0.25) is 0 Å². The van der Waals surface area contributed by atoms with Gasteiger partial charge in [-0.15, -0.1) is 24.8 Å². The lowest BCUT2D eigenvalue weighted by Gasteiger charge is -2.08. The number of halogens is 2. The Labute approximate surface area is 74.8 Å². The van der Waals surface area contributed by atoms with Gasteiger partial charge in [0, 0.05) is 0 Å². The van der Waals surface area contributed by atoms with Crippen LogP contribution in [0.2, 0.25) is 0 Å². The van der Waals surface area contributed by atoms with Gasteiger partial charge in [-0.25, -0.2) is 0 Å². The summed E-state index contributed by atoms with van der Waals surface area (Å²) in [5.74, 6) is 1.52. The summed E-state index contributed by atoms with van der Waals surface area (Å²) >= 11 is 0. The summed E-state index contributed by atoms with van der Waals surface area (Å²) in [7, 11) is 0. The van der Waals surface area contributed by atoms with Gasteiger partial charge in [-0.05, 0) is 31.5 Å². The highest BCUT2D eigenvalue weighted by Gasteiger charge is 2.20. The molecule has 0 aliphatic carbocycles. The molecule has 0 aromatic carbocycles. The fraction of sp³-hybridized carbons (Fsp3) is 1.00. The van der Waals surface area contributed by atoms with Crippen LogP contribution in [0.5, 0.6) is 0 Å². The highest BCUT2D eigenvalue weighted by molar-refractivity contribution is 5.85. The minimum atomic E-state index is 0. The van der Waals surface area contributed by atoms with Crippen molar-refractivity contribution in [2.75, 3.05) is 19.6 Å². The van der Waals surface area contributed by atoms with Crippen LogP contribution in [0.3, 0.4) is 0 Å². The van der Waals surface area contributed by atoms with Crippen molar-refractivity contribution in [3.05, 3.63) is 0 Å². The molecule has 1 fully saturated rings. The number of nitrogens with one attached hydrogen (secondary N) is 1. The summed E-state index contributed by atoms with van der Waals surface area (Å²) in [5, 5.41) is 3.29. The van der Waals surface area contributed by atoms with Gasteiger partial charge < -0.3 is 11.1 Å². The van der Waals surface area contributed by atoms with Crippen molar-refractivity contribution in [3.63, 3.8) is 0 Å². The first-order chi connectivity index (χ1) is 3.84. The van der Waals surface area contributed by atoms with E-state index in [1.54, 1.807) is 0 Å². The van der Waals surface area contributed by atoms with Gasteiger partial charge in [0.15, 0.2) is 0 Å². The molecule has 10 heavy (non-hydrogen) atoms. The maximum Gasteiger partial charge on any atom is -0.000531 e. The molecule has 2 unspecified atom stereocenters. The summed E-state index contributed by atoms with van der Waals surface area (Å²) in [6, 6.07) is 0. The Morgan fingerprint density at radius 1 is 1.40 bits per heavy atom. The summed E-state index contributed by atoms with van der Waals surface area (Å²) in [4.78, 5) is 0. The van der Waals surface area contributed by atoms with Crippen molar-refractivity contribution >= 4 is 24.8 Å². The normalized spacial score (nSPS) is 30.6. The SMILES string of the molecule is CC1CNCC1CN.Cl.Cl. The molecule has 0 radical (unpaired) electrons. The maximum atomic E-state index is 5.48. The van der Waals surface area contributed by atoms with Gasteiger partial charge in [-0.1, -0.05) is 6.92 Å². The van der Waals surface area contributed by atoms with E-state index in [0.717, 1.165) is 31.5 Å². The van der Waals surface area contributed by atoms with Crippen molar-refractivity contribution < 1.29 is 0 Å². The van der Waals surface area contributed by atoms with Crippen LogP contribution >= 0.6 is 24.8 Å². The number of nitrogens with two attached hydrogens (primary N) is 1. The lowest BCUT2D eigenvalue weighted by molar-refractivity contribution is 0.463. The lowest BCUT2D eigenvalue weighted by atomic mass is 9.99. The molecule has 3 N–H and O–H groups in total. The third kappa shape index (κ3) is 3.06. The standard InChI is InChI=1S/C6H14N2.2ClH/c1-5-3-8-4-6(5)2-7;;/h5-6,8H,2-4,7H2,1H3;2*1H. The summed E-state index contributed by atoms with van der Waals surface area (Å²) in [5.41, 5.74) is 5.48. The summed E-state index contributed by atoms with van der Waals surface area (Å²) < 4.78 is 0. The molecule has 2 atom stereocenters. The Morgan fingerprint density at radius 2 is 2.00 bits per heavy atom. The van der Waals surface area contributed by atoms with E-state index in [1.807, 2.05) is 0 Å². The second kappa shape index (κ2) is 6.23. The Morgan fingerprint density at radius 3 is 2.20 bits per heavy atom. The smallest absolute Gasteiger partial charge is 0.000531 e. The molecule has 0 amide bonds. The van der Waals surface area contributed by atoms with Crippen LogP contribution in [0.25, 0.3) is 0 Å². The highest BCUT2D eigenvalue weighted by atomic mass is 35.5. The average Bonchev–Trinajstić information content (AvgIpc) is 2.14. The van der Waals surface area contributed by atoms with Crippen LogP contribution in [0.15, 0.2) is 0 Å². The minimum Gasteiger partial charge on any atom is -0.330 e. The van der Waals surface area contributed by atoms with Crippen molar-refractivity contribution in [1.29, 1.82) is 0 Å². The van der Waals surface area contributed by atoms with E-state index >= 15 is 0 Å². The largest absolute Gasteiger partial charge is 0.330 e. The first-order valence-corrected chi connectivity index (χ1v) is 3.25. The maximum absolute atomic E-state index is 5.48. The van der Waals surface area contributed by atoms with Crippen LogP contribution in [0, 0.1) is 11.8 Å². The van der Waals surface area contributed by atoms with Crippen molar-refractivity contribution in [3.8, 4) is 0 Å². The third-order valence-corrected chi connectivity index (χ3v) is 1.98. The Hall–Kier alpha value is 0.500. The van der Waals surface area contributed by atoms with Gasteiger partial charge in [0.25, 0.3) is 0 Å². The van der Waals surface area contributed by atoms with Gasteiger partial charge in [0.05, 0.1) is 0 Å². The zero-order valence-corrected chi connectivity index (χ0v) is 7.80. The predicted molar refractivity (Wildman–Crippen MR) is 49.1 cm³/mol. The Balaban J connectivity index is 0. The Kier molecular flexibility index (Phi) is 8.17. The molecule has 1 aliphatic rings. The molecule has 1 aliphatic heterocycles. The van der Waals surface area contributed by atoms with Gasteiger partial charge >= 0.3 is 0 Å². The first-order valence-electron chi connectivity index (χ1n) is 3.25. The molecule has 0 aromatic heterocycles. The number of hydrogen-bond donors (Lipinski definition) is 2. The molecule has 0 aromatic rings. The molecule has 1 heterocycles.